The molecule has 1 aromatic carbocycles. The van der Waals surface area contributed by atoms with Crippen molar-refractivity contribution in [2.24, 2.45) is 5.92 Å². The molecule has 1 aliphatic carbocycles. The minimum Gasteiger partial charge on any atom is -0.376 e. The molecule has 0 spiro atoms. The molecule has 1 aromatic rings. The van der Waals surface area contributed by atoms with Crippen LogP contribution in [0.15, 0.2) is 46.2 Å². The molecule has 0 saturated carbocycles. The molecule has 18 heavy (non-hydrogen) atoms. The summed E-state index contributed by atoms with van der Waals surface area (Å²) in [4.78, 5) is 1.66. The van der Waals surface area contributed by atoms with Crippen molar-refractivity contribution >= 4 is 10.8 Å². The molecule has 2 rings (SSSR count). The summed E-state index contributed by atoms with van der Waals surface area (Å²) in [6.07, 6.45) is 3.01. The van der Waals surface area contributed by atoms with Gasteiger partial charge in [-0.05, 0) is 31.1 Å². The van der Waals surface area contributed by atoms with Crippen molar-refractivity contribution in [3.05, 3.63) is 41.3 Å². The monoisotopic (exact) mass is 261 g/mol. The lowest BCUT2D eigenvalue weighted by Gasteiger charge is -2.24. The normalized spacial score (nSPS) is 25.0. The minimum absolute atomic E-state index is 0.133. The largest absolute Gasteiger partial charge is 0.376 e. The lowest BCUT2D eigenvalue weighted by Crippen LogP contribution is -2.24. The molecule has 4 heteroatoms. The van der Waals surface area contributed by atoms with Crippen molar-refractivity contribution in [2.75, 3.05) is 7.11 Å². The Morgan fingerprint density at radius 1 is 1.39 bits per heavy atom. The average Bonchev–Trinajstić information content (AvgIpc) is 2.46. The zero-order valence-corrected chi connectivity index (χ0v) is 11.0. The van der Waals surface area contributed by atoms with E-state index in [1.807, 2.05) is 36.4 Å². The molecule has 0 fully saturated rings. The number of rotatable bonds is 3. The molecule has 3 nitrogen and oxygen atoms in total. The zero-order chi connectivity index (χ0) is 13.0. The summed E-state index contributed by atoms with van der Waals surface area (Å²) in [6, 6.07) is 11.6. The molecule has 0 N–H and O–H groups in total. The molecule has 1 aliphatic rings. The summed E-state index contributed by atoms with van der Waals surface area (Å²) in [5.74, 6) is -0.133. The van der Waals surface area contributed by atoms with E-state index in [1.54, 1.807) is 7.11 Å². The van der Waals surface area contributed by atoms with Gasteiger partial charge in [0, 0.05) is 16.9 Å². The third-order valence-electron chi connectivity index (χ3n) is 3.08. The summed E-state index contributed by atoms with van der Waals surface area (Å²) >= 11 is 0. The molecule has 94 valence electrons. The van der Waals surface area contributed by atoms with Gasteiger partial charge in [0.25, 0.3) is 0 Å². The highest BCUT2D eigenvalue weighted by Crippen LogP contribution is 2.29. The van der Waals surface area contributed by atoms with Crippen LogP contribution >= 0.6 is 0 Å². The second-order valence-corrected chi connectivity index (χ2v) is 5.72. The number of benzene rings is 1. The summed E-state index contributed by atoms with van der Waals surface area (Å²) < 4.78 is 17.6. The minimum atomic E-state index is -1.14. The van der Waals surface area contributed by atoms with E-state index >= 15 is 0 Å². The fourth-order valence-corrected chi connectivity index (χ4v) is 3.33. The number of allylic oxidation sites excluding steroid dienone is 1. The molecule has 0 bridgehead atoms. The van der Waals surface area contributed by atoms with E-state index in [-0.39, 0.29) is 12.0 Å². The van der Waals surface area contributed by atoms with Crippen LogP contribution in [-0.4, -0.2) is 17.4 Å². The van der Waals surface area contributed by atoms with Crippen molar-refractivity contribution in [1.29, 1.82) is 5.26 Å². The van der Waals surface area contributed by atoms with E-state index < -0.39 is 10.8 Å². The number of nitriles is 1. The first kappa shape index (κ1) is 13.0. The lowest BCUT2D eigenvalue weighted by atomic mass is 9.93. The van der Waals surface area contributed by atoms with E-state index in [9.17, 15) is 4.21 Å². The van der Waals surface area contributed by atoms with E-state index in [4.69, 9.17) is 10.00 Å². The number of nitrogens with zero attached hydrogens (tertiary/aromatic N) is 1. The maximum absolute atomic E-state index is 12.4. The predicted octanol–water partition coefficient (Wildman–Crippen LogP) is 2.63. The summed E-state index contributed by atoms with van der Waals surface area (Å²) in [6.45, 7) is 0. The molecular formula is C14H15NO2S. The molecule has 0 heterocycles. The van der Waals surface area contributed by atoms with Gasteiger partial charge in [-0.15, -0.1) is 0 Å². The molecule has 0 amide bonds. The van der Waals surface area contributed by atoms with Crippen LogP contribution in [0.5, 0.6) is 0 Å². The highest BCUT2D eigenvalue weighted by molar-refractivity contribution is 7.89. The van der Waals surface area contributed by atoms with Crippen LogP contribution < -0.4 is 0 Å². The molecule has 3 atom stereocenters. The second kappa shape index (κ2) is 5.94. The number of hydrogen-bond donors (Lipinski definition) is 0. The summed E-state index contributed by atoms with van der Waals surface area (Å²) in [7, 11) is 0.446. The van der Waals surface area contributed by atoms with Crippen molar-refractivity contribution < 1.29 is 8.95 Å². The molecular weight excluding hydrogens is 246 g/mol. The molecule has 0 aromatic heterocycles. The van der Waals surface area contributed by atoms with E-state index in [1.165, 1.54) is 0 Å². The summed E-state index contributed by atoms with van der Waals surface area (Å²) in [5.41, 5.74) is 0. The Morgan fingerprint density at radius 2 is 2.11 bits per heavy atom. The Bertz CT molecular complexity index is 504. The van der Waals surface area contributed by atoms with Gasteiger partial charge in [0.15, 0.2) is 0 Å². The third kappa shape index (κ3) is 2.69. The Morgan fingerprint density at radius 3 is 2.72 bits per heavy atom. The van der Waals surface area contributed by atoms with Crippen LogP contribution in [0.3, 0.4) is 0 Å². The van der Waals surface area contributed by atoms with Crippen molar-refractivity contribution in [3.63, 3.8) is 0 Å². The third-order valence-corrected chi connectivity index (χ3v) is 4.60. The Balaban J connectivity index is 2.22. The van der Waals surface area contributed by atoms with Gasteiger partial charge in [0.1, 0.15) is 0 Å². The predicted molar refractivity (Wildman–Crippen MR) is 70.1 cm³/mol. The maximum atomic E-state index is 12.4. The van der Waals surface area contributed by atoms with Crippen molar-refractivity contribution in [1.82, 2.24) is 0 Å². The van der Waals surface area contributed by atoms with Gasteiger partial charge in [-0.25, -0.2) is 4.21 Å². The van der Waals surface area contributed by atoms with Crippen LogP contribution in [0.1, 0.15) is 12.8 Å². The van der Waals surface area contributed by atoms with Crippen LogP contribution in [0, 0.1) is 17.2 Å². The van der Waals surface area contributed by atoms with E-state index in [0.29, 0.717) is 12.8 Å². The van der Waals surface area contributed by atoms with Crippen LogP contribution in [0.25, 0.3) is 0 Å². The Labute approximate surface area is 110 Å². The molecule has 1 unspecified atom stereocenters. The quantitative estimate of drug-likeness (QED) is 0.840. The van der Waals surface area contributed by atoms with Gasteiger partial charge in [-0.3, -0.25) is 0 Å². The van der Waals surface area contributed by atoms with Crippen LogP contribution in [0.2, 0.25) is 0 Å². The smallest absolute Gasteiger partial charge is 0.0921 e. The van der Waals surface area contributed by atoms with Crippen LogP contribution in [0.4, 0.5) is 0 Å². The average molecular weight is 261 g/mol. The fourth-order valence-electron chi connectivity index (χ4n) is 2.07. The highest BCUT2D eigenvalue weighted by Gasteiger charge is 2.26. The van der Waals surface area contributed by atoms with Gasteiger partial charge in [0.05, 0.1) is 28.9 Å². The van der Waals surface area contributed by atoms with Crippen molar-refractivity contribution in [2.45, 2.75) is 23.8 Å². The number of ether oxygens (including phenoxy) is 1. The molecule has 0 saturated heterocycles. The SMILES string of the molecule is CO[C@H]1C=C(S(=O)c2ccccc2)CC[C@H]1C#N. The van der Waals surface area contributed by atoms with Gasteiger partial charge < -0.3 is 4.74 Å². The molecule has 0 aliphatic heterocycles. The van der Waals surface area contributed by atoms with Gasteiger partial charge in [0.2, 0.25) is 0 Å². The summed E-state index contributed by atoms with van der Waals surface area (Å²) in [5, 5.41) is 9.00. The van der Waals surface area contributed by atoms with Gasteiger partial charge in [-0.2, -0.15) is 5.26 Å². The van der Waals surface area contributed by atoms with E-state index in [2.05, 4.69) is 6.07 Å². The zero-order valence-electron chi connectivity index (χ0n) is 10.2. The molecule has 0 radical (unpaired) electrons. The van der Waals surface area contributed by atoms with Crippen LogP contribution in [-0.2, 0) is 15.5 Å². The van der Waals surface area contributed by atoms with Crippen molar-refractivity contribution in [3.8, 4) is 6.07 Å². The van der Waals surface area contributed by atoms with E-state index in [0.717, 1.165) is 9.80 Å². The first-order valence-corrected chi connectivity index (χ1v) is 7.01. The highest BCUT2D eigenvalue weighted by atomic mass is 32.2. The van der Waals surface area contributed by atoms with Gasteiger partial charge >= 0.3 is 0 Å². The van der Waals surface area contributed by atoms with Gasteiger partial charge in [-0.1, -0.05) is 18.2 Å². The lowest BCUT2D eigenvalue weighted by molar-refractivity contribution is 0.101. The Kier molecular flexibility index (Phi) is 4.29. The number of methoxy groups -OCH3 is 1. The first-order valence-electron chi connectivity index (χ1n) is 5.86. The standard InChI is InChI=1S/C14H15NO2S/c1-17-14-9-13(8-7-11(14)10-15)18(16)12-5-3-2-4-6-12/h2-6,9,11,14H,7-8H2,1H3/t11-,14-,18?/m0/s1. The maximum Gasteiger partial charge on any atom is 0.0921 e. The fraction of sp³-hybridized carbons (Fsp3) is 0.357. The Hall–Kier alpha value is -1.44. The topological polar surface area (TPSA) is 50.1 Å². The second-order valence-electron chi connectivity index (χ2n) is 4.19. The first-order chi connectivity index (χ1) is 8.76. The number of hydrogen-bond acceptors (Lipinski definition) is 3.